The molecule has 0 aromatic heterocycles. The summed E-state index contributed by atoms with van der Waals surface area (Å²) in [7, 11) is 0. The lowest BCUT2D eigenvalue weighted by molar-refractivity contribution is -0.155. The van der Waals surface area contributed by atoms with Crippen LogP contribution < -0.4 is 0 Å². The SMILES string of the molecule is C=CC(=O)OCC1C[C@@H]2C3CC(CC3COC(=O)C(CC(=O)OCC3C[C@@H]4C5CC(CC5COC(=O)C(=C)C)[C@@H]4C3)/C(C)=C/C(C)CC(C)CC(C)C)[C@@H]2C1.C=CC(=O)OCC1C[C@@H]2C3CC(CC3COC(=O)c3cccc(C(=O)OCC4C[C@@H]5C6CC(CC6COC(=O)C(=C)C)[C@@H]5C4)c3)[C@@H]2C1. The minimum Gasteiger partial charge on any atom is -0.465 e. The fourth-order valence-corrected chi connectivity index (χ4v) is 24.4. The number of hydrogen-bond donors (Lipinski definition) is 0. The minimum absolute atomic E-state index is 0.00293. The Bertz CT molecular complexity index is 3320. The molecule has 12 saturated carbocycles. The Balaban J connectivity index is 0.000000195. The predicted molar refractivity (Wildman–Crippen MR) is 385 cm³/mol. The van der Waals surface area contributed by atoms with E-state index in [1.54, 1.807) is 38.1 Å². The van der Waals surface area contributed by atoms with Gasteiger partial charge in [0.2, 0.25) is 0 Å². The van der Waals surface area contributed by atoms with E-state index < -0.39 is 17.9 Å². The van der Waals surface area contributed by atoms with Crippen molar-refractivity contribution >= 4 is 47.8 Å². The van der Waals surface area contributed by atoms with Gasteiger partial charge in [0.05, 0.1) is 76.3 Å². The number of esters is 8. The Morgan fingerprint density at radius 3 is 1.16 bits per heavy atom. The molecule has 0 heterocycles. The van der Waals surface area contributed by atoms with E-state index in [-0.39, 0.29) is 48.2 Å². The summed E-state index contributed by atoms with van der Waals surface area (Å²) >= 11 is 0. The maximum atomic E-state index is 14.0. The van der Waals surface area contributed by atoms with E-state index in [0.717, 1.165) is 95.5 Å². The number of carbonyl (C=O) groups is 8. The van der Waals surface area contributed by atoms with Gasteiger partial charge in [0.1, 0.15) is 0 Å². The van der Waals surface area contributed by atoms with Gasteiger partial charge in [-0.25, -0.2) is 28.8 Å². The highest BCUT2D eigenvalue weighted by atomic mass is 16.6. The molecule has 0 spiro atoms. The smallest absolute Gasteiger partial charge is 0.338 e. The van der Waals surface area contributed by atoms with Crippen molar-refractivity contribution in [3.63, 3.8) is 0 Å². The molecule has 0 N–H and O–H groups in total. The van der Waals surface area contributed by atoms with Gasteiger partial charge in [-0.05, 0) is 314 Å². The summed E-state index contributed by atoms with van der Waals surface area (Å²) in [6.07, 6.45) is 24.7. The zero-order valence-corrected chi connectivity index (χ0v) is 62.2. The average molecular weight is 1410 g/mol. The van der Waals surface area contributed by atoms with Crippen molar-refractivity contribution in [1.29, 1.82) is 0 Å². The number of hydrogen-bond acceptors (Lipinski definition) is 16. The third-order valence-electron chi connectivity index (χ3n) is 28.2. The van der Waals surface area contributed by atoms with Gasteiger partial charge in [0.25, 0.3) is 0 Å². The number of carbonyl (C=O) groups excluding carboxylic acids is 8. The van der Waals surface area contributed by atoms with E-state index in [1.165, 1.54) is 37.8 Å². The van der Waals surface area contributed by atoms with Crippen molar-refractivity contribution < 1.29 is 76.3 Å². The van der Waals surface area contributed by atoms with Gasteiger partial charge in [0, 0.05) is 23.3 Å². The summed E-state index contributed by atoms with van der Waals surface area (Å²) in [5.41, 5.74) is 2.53. The quantitative estimate of drug-likeness (QED) is 0.0293. The first-order chi connectivity index (χ1) is 48.9. The van der Waals surface area contributed by atoms with E-state index in [9.17, 15) is 38.4 Å². The largest absolute Gasteiger partial charge is 0.465 e. The van der Waals surface area contributed by atoms with Crippen LogP contribution in [0.15, 0.2) is 85.5 Å². The lowest BCUT2D eigenvalue weighted by Gasteiger charge is -2.31. The summed E-state index contributed by atoms with van der Waals surface area (Å²) in [6, 6.07) is 6.69. The van der Waals surface area contributed by atoms with Crippen LogP contribution in [-0.2, 0) is 66.7 Å². The van der Waals surface area contributed by atoms with Crippen molar-refractivity contribution in [2.75, 3.05) is 52.9 Å². The predicted octanol–water partition coefficient (Wildman–Crippen LogP) is 15.6. The molecule has 12 aliphatic rings. The van der Waals surface area contributed by atoms with Gasteiger partial charge >= 0.3 is 47.8 Å². The van der Waals surface area contributed by atoms with E-state index in [4.69, 9.17) is 37.9 Å². The maximum Gasteiger partial charge on any atom is 0.338 e. The number of rotatable bonds is 31. The van der Waals surface area contributed by atoms with Gasteiger partial charge in [-0.1, -0.05) is 71.7 Å². The van der Waals surface area contributed by atoms with Crippen molar-refractivity contribution in [3.8, 4) is 0 Å². The molecule has 0 amide bonds. The second-order valence-corrected chi connectivity index (χ2v) is 35.4. The van der Waals surface area contributed by atoms with Crippen molar-refractivity contribution in [2.45, 2.75) is 170 Å². The number of fused-ring (bicyclic) bond motifs is 20. The molecule has 1 aromatic rings. The standard InChI is InChI=1S/C47H70O8.C39H48O8/c1-9-44(48)52-22-31-13-38-34-18-36(41(20-34)42(38)15-31)25-55-47(51)37(30(8)12-29(7)11-28(6)10-26(2)3)21-45(49)53-23-32-14-39-33-17-35(24-54-46(50)27(4)5)40(19-33)43(39)16-32;1-4-36(40)44-17-22-8-30-27-14-29(33(16-27)34(30)10-22)20-47-39(43)25-7-5-6-24(12-25)38(42)45-18-23-9-31-26-13-28(19-46-37(41)21(2)3)32(15-26)35(31)11-23/h9,12,26,28-29,31-43H,1,4,10-11,13-25H2,2-3,5-8H3;4-7,12,22-23,26-35H,1-2,8-11,13-20H2,3H3/b30-12+;/t28?,29?,31?,32?,33?,34?,35?,36?,37?,38-,39-,40?,41?,42-,43-;22?,23?,26?,27?,28?,29?,30-,31-,32?,33?,34-,35-/m00/s1. The van der Waals surface area contributed by atoms with Crippen LogP contribution in [0, 0.1) is 166 Å². The maximum absolute atomic E-state index is 14.0. The lowest BCUT2D eigenvalue weighted by atomic mass is 9.76. The van der Waals surface area contributed by atoms with Crippen LogP contribution in [0.3, 0.4) is 0 Å². The summed E-state index contributed by atoms with van der Waals surface area (Å²) in [5, 5.41) is 0. The van der Waals surface area contributed by atoms with Gasteiger partial charge in [-0.2, -0.15) is 0 Å². The van der Waals surface area contributed by atoms with Gasteiger partial charge in [-0.3, -0.25) is 9.59 Å². The summed E-state index contributed by atoms with van der Waals surface area (Å²) in [5.74, 6) is 11.1. The Hall–Kier alpha value is -6.32. The minimum atomic E-state index is -0.654. The average Bonchev–Trinajstić information content (AvgIpc) is 1.62. The number of ether oxygens (including phenoxy) is 8. The monoisotopic (exact) mass is 1410 g/mol. The highest BCUT2D eigenvalue weighted by molar-refractivity contribution is 5.95. The molecule has 16 nitrogen and oxygen atoms in total. The lowest BCUT2D eigenvalue weighted by Crippen LogP contribution is -2.30. The van der Waals surface area contributed by atoms with Crippen LogP contribution in [0.5, 0.6) is 0 Å². The molecule has 12 fully saturated rings. The molecule has 0 saturated heterocycles. The van der Waals surface area contributed by atoms with Gasteiger partial charge in [0.15, 0.2) is 0 Å². The Kier molecular flexibility index (Phi) is 24.4. The molecular weight excluding hydrogens is 1290 g/mol. The summed E-state index contributed by atoms with van der Waals surface area (Å²) in [4.78, 5) is 101. The van der Waals surface area contributed by atoms with Crippen LogP contribution >= 0.6 is 0 Å². The third-order valence-corrected chi connectivity index (χ3v) is 28.2. The molecule has 0 radical (unpaired) electrons. The topological polar surface area (TPSA) is 210 Å². The summed E-state index contributed by atoms with van der Waals surface area (Å²) < 4.78 is 45.5. The van der Waals surface area contributed by atoms with Crippen molar-refractivity contribution in [3.05, 3.63) is 96.7 Å². The molecular formula is C86H118O16. The highest BCUT2D eigenvalue weighted by Gasteiger charge is 2.60. The zero-order chi connectivity index (χ0) is 72.4. The fraction of sp³-hybridized carbons (Fsp3) is 0.721. The molecule has 0 aliphatic heterocycles. The first kappa shape index (κ1) is 75.4. The van der Waals surface area contributed by atoms with Gasteiger partial charge < -0.3 is 37.9 Å². The summed E-state index contributed by atoms with van der Waals surface area (Å²) in [6.45, 7) is 32.2. The molecule has 27 atom stereocenters. The first-order valence-corrected chi connectivity index (χ1v) is 39.6. The Morgan fingerprint density at radius 1 is 0.422 bits per heavy atom. The van der Waals surface area contributed by atoms with Crippen LogP contribution in [0.4, 0.5) is 0 Å². The van der Waals surface area contributed by atoms with Crippen LogP contribution in [0.2, 0.25) is 0 Å². The number of benzene rings is 1. The Labute approximate surface area is 606 Å². The van der Waals surface area contributed by atoms with Gasteiger partial charge in [-0.15, -0.1) is 0 Å². The van der Waals surface area contributed by atoms with Crippen molar-refractivity contribution in [1.82, 2.24) is 0 Å². The molecule has 19 unspecified atom stereocenters. The van der Waals surface area contributed by atoms with E-state index in [2.05, 4.69) is 60.1 Å². The third kappa shape index (κ3) is 17.3. The van der Waals surface area contributed by atoms with Crippen LogP contribution in [0.1, 0.15) is 191 Å². The molecule has 1 aromatic carbocycles. The normalized spacial score (nSPS) is 36.5. The van der Waals surface area contributed by atoms with E-state index in [0.29, 0.717) is 229 Å². The molecule has 16 heteroatoms. The van der Waals surface area contributed by atoms with E-state index in [1.807, 2.05) is 6.92 Å². The molecule has 558 valence electrons. The molecule has 102 heavy (non-hydrogen) atoms. The second-order valence-electron chi connectivity index (χ2n) is 35.4. The fourth-order valence-electron chi connectivity index (χ4n) is 24.4. The first-order valence-electron chi connectivity index (χ1n) is 39.6. The van der Waals surface area contributed by atoms with Crippen LogP contribution in [0.25, 0.3) is 0 Å². The number of allylic oxidation sites excluding steroid dienone is 1. The highest BCUT2D eigenvalue weighted by Crippen LogP contribution is 2.66. The van der Waals surface area contributed by atoms with Crippen LogP contribution in [-0.4, -0.2) is 101 Å². The molecule has 13 rings (SSSR count). The second kappa shape index (κ2) is 33.0. The van der Waals surface area contributed by atoms with Crippen molar-refractivity contribution in [2.24, 2.45) is 166 Å². The Morgan fingerprint density at radius 2 is 0.775 bits per heavy atom. The molecule has 12 aliphatic carbocycles. The molecule has 8 bridgehead atoms. The van der Waals surface area contributed by atoms with E-state index >= 15 is 0 Å². The zero-order valence-electron chi connectivity index (χ0n) is 62.2.